The Morgan fingerprint density at radius 1 is 0.875 bits per heavy atom. The van der Waals surface area contributed by atoms with Crippen LogP contribution in [0.2, 0.25) is 0 Å². The lowest BCUT2D eigenvalue weighted by Gasteiger charge is -2.12. The number of nitrogens with zero attached hydrogens (tertiary/aromatic N) is 3. The molecule has 120 valence electrons. The van der Waals surface area contributed by atoms with Gasteiger partial charge in [0.2, 0.25) is 0 Å². The van der Waals surface area contributed by atoms with Crippen LogP contribution in [0.4, 0.5) is 11.4 Å². The third-order valence-electron chi connectivity index (χ3n) is 3.61. The summed E-state index contributed by atoms with van der Waals surface area (Å²) in [7, 11) is 3.94. The van der Waals surface area contributed by atoms with E-state index in [4.69, 9.17) is 0 Å². The van der Waals surface area contributed by atoms with E-state index in [0.717, 1.165) is 22.6 Å². The molecule has 0 atom stereocenters. The maximum Gasteiger partial charge on any atom is 0.276 e. The van der Waals surface area contributed by atoms with Gasteiger partial charge in [0, 0.05) is 31.0 Å². The highest BCUT2D eigenvalue weighted by atomic mass is 16.1. The van der Waals surface area contributed by atoms with Gasteiger partial charge in [0.25, 0.3) is 5.91 Å². The van der Waals surface area contributed by atoms with E-state index in [1.165, 1.54) is 0 Å². The minimum Gasteiger partial charge on any atom is -0.378 e. The van der Waals surface area contributed by atoms with Gasteiger partial charge >= 0.3 is 0 Å². The number of carbonyl (C=O) groups excluding carboxylic acids is 1. The normalized spacial score (nSPS) is 10.2. The lowest BCUT2D eigenvalue weighted by atomic mass is 10.1. The standard InChI is InChI=1S/C19H18N4O/c1-23(2)16-10-8-15(9-11-16)20-19(24)18-13-12-17(21-22-18)14-6-4-3-5-7-14/h3-13H,1-2H3,(H,20,24). The van der Waals surface area contributed by atoms with Crippen molar-refractivity contribution in [2.24, 2.45) is 0 Å². The van der Waals surface area contributed by atoms with E-state index in [2.05, 4.69) is 15.5 Å². The van der Waals surface area contributed by atoms with Crippen LogP contribution in [0.5, 0.6) is 0 Å². The molecule has 0 fully saturated rings. The molecule has 2 aromatic carbocycles. The third kappa shape index (κ3) is 3.57. The average Bonchev–Trinajstić information content (AvgIpc) is 2.63. The summed E-state index contributed by atoms with van der Waals surface area (Å²) in [6.45, 7) is 0. The van der Waals surface area contributed by atoms with Crippen LogP contribution in [0.25, 0.3) is 11.3 Å². The molecule has 0 bridgehead atoms. The summed E-state index contributed by atoms with van der Waals surface area (Å²) in [5.41, 5.74) is 3.78. The molecule has 5 nitrogen and oxygen atoms in total. The Labute approximate surface area is 141 Å². The van der Waals surface area contributed by atoms with Crippen molar-refractivity contribution in [3.63, 3.8) is 0 Å². The van der Waals surface area contributed by atoms with Crippen LogP contribution in [0, 0.1) is 0 Å². The zero-order valence-corrected chi connectivity index (χ0v) is 13.6. The van der Waals surface area contributed by atoms with Crippen molar-refractivity contribution in [2.75, 3.05) is 24.3 Å². The quantitative estimate of drug-likeness (QED) is 0.800. The molecule has 0 unspecified atom stereocenters. The summed E-state index contributed by atoms with van der Waals surface area (Å²) in [5.74, 6) is -0.278. The Kier molecular flexibility index (Phi) is 4.52. The maximum absolute atomic E-state index is 12.3. The molecular formula is C19H18N4O. The highest BCUT2D eigenvalue weighted by Gasteiger charge is 2.09. The smallest absolute Gasteiger partial charge is 0.276 e. The number of aromatic nitrogens is 2. The van der Waals surface area contributed by atoms with Gasteiger partial charge in [-0.25, -0.2) is 0 Å². The molecule has 24 heavy (non-hydrogen) atoms. The fourth-order valence-electron chi connectivity index (χ4n) is 2.25. The monoisotopic (exact) mass is 318 g/mol. The number of anilines is 2. The number of hydrogen-bond donors (Lipinski definition) is 1. The Balaban J connectivity index is 1.71. The maximum atomic E-state index is 12.3. The van der Waals surface area contributed by atoms with Gasteiger partial charge in [-0.15, -0.1) is 10.2 Å². The van der Waals surface area contributed by atoms with Crippen molar-refractivity contribution in [1.82, 2.24) is 10.2 Å². The van der Waals surface area contributed by atoms with Crippen LogP contribution in [0.3, 0.4) is 0 Å². The summed E-state index contributed by atoms with van der Waals surface area (Å²) < 4.78 is 0. The zero-order chi connectivity index (χ0) is 16.9. The van der Waals surface area contributed by atoms with Crippen LogP contribution in [-0.2, 0) is 0 Å². The van der Waals surface area contributed by atoms with Gasteiger partial charge in [-0.05, 0) is 36.4 Å². The Hall–Kier alpha value is -3.21. The number of nitrogens with one attached hydrogen (secondary N) is 1. The van der Waals surface area contributed by atoms with Crippen molar-refractivity contribution < 1.29 is 4.79 Å². The second-order valence-corrected chi connectivity index (χ2v) is 5.57. The lowest BCUT2D eigenvalue weighted by Crippen LogP contribution is -2.14. The molecule has 0 aliphatic rings. The fourth-order valence-corrected chi connectivity index (χ4v) is 2.25. The molecule has 5 heteroatoms. The van der Waals surface area contributed by atoms with Gasteiger partial charge in [0.05, 0.1) is 5.69 Å². The van der Waals surface area contributed by atoms with E-state index in [1.54, 1.807) is 12.1 Å². The van der Waals surface area contributed by atoms with Gasteiger partial charge in [0.1, 0.15) is 0 Å². The van der Waals surface area contributed by atoms with Crippen LogP contribution in [0.1, 0.15) is 10.5 Å². The number of amides is 1. The first-order valence-corrected chi connectivity index (χ1v) is 7.61. The minimum absolute atomic E-state index is 0.278. The molecule has 0 saturated heterocycles. The molecule has 0 aliphatic heterocycles. The molecule has 1 aromatic heterocycles. The van der Waals surface area contributed by atoms with Crippen LogP contribution in [0.15, 0.2) is 66.7 Å². The van der Waals surface area contributed by atoms with Gasteiger partial charge in [-0.1, -0.05) is 30.3 Å². The number of carbonyl (C=O) groups is 1. The summed E-state index contributed by atoms with van der Waals surface area (Å²) in [4.78, 5) is 14.3. The van der Waals surface area contributed by atoms with Crippen molar-refractivity contribution in [2.45, 2.75) is 0 Å². The molecule has 0 saturated carbocycles. The average molecular weight is 318 g/mol. The molecule has 1 amide bonds. The number of hydrogen-bond acceptors (Lipinski definition) is 4. The summed E-state index contributed by atoms with van der Waals surface area (Å²) >= 11 is 0. The van der Waals surface area contributed by atoms with E-state index in [1.807, 2.05) is 73.6 Å². The van der Waals surface area contributed by atoms with Crippen LogP contribution in [-0.4, -0.2) is 30.2 Å². The van der Waals surface area contributed by atoms with Gasteiger partial charge < -0.3 is 10.2 Å². The first kappa shape index (κ1) is 15.7. The van der Waals surface area contributed by atoms with Crippen LogP contribution >= 0.6 is 0 Å². The number of benzene rings is 2. The number of rotatable bonds is 4. The minimum atomic E-state index is -0.278. The lowest BCUT2D eigenvalue weighted by molar-refractivity contribution is 0.102. The molecule has 3 rings (SSSR count). The van der Waals surface area contributed by atoms with Crippen molar-refractivity contribution in [3.8, 4) is 11.3 Å². The van der Waals surface area contributed by atoms with Crippen molar-refractivity contribution in [3.05, 3.63) is 72.4 Å². The van der Waals surface area contributed by atoms with E-state index in [0.29, 0.717) is 0 Å². The van der Waals surface area contributed by atoms with Gasteiger partial charge in [0.15, 0.2) is 5.69 Å². The van der Waals surface area contributed by atoms with E-state index < -0.39 is 0 Å². The predicted molar refractivity (Wildman–Crippen MR) is 96.2 cm³/mol. The fraction of sp³-hybridized carbons (Fsp3) is 0.105. The first-order valence-electron chi connectivity index (χ1n) is 7.61. The van der Waals surface area contributed by atoms with Crippen molar-refractivity contribution >= 4 is 17.3 Å². The molecule has 0 aliphatic carbocycles. The van der Waals surface area contributed by atoms with Gasteiger partial charge in [-0.3, -0.25) is 4.79 Å². The highest BCUT2D eigenvalue weighted by molar-refractivity contribution is 6.02. The Morgan fingerprint density at radius 2 is 1.58 bits per heavy atom. The molecule has 1 N–H and O–H groups in total. The second-order valence-electron chi connectivity index (χ2n) is 5.57. The largest absolute Gasteiger partial charge is 0.378 e. The van der Waals surface area contributed by atoms with E-state index in [9.17, 15) is 4.79 Å². The predicted octanol–water partition coefficient (Wildman–Crippen LogP) is 3.46. The van der Waals surface area contributed by atoms with Gasteiger partial charge in [-0.2, -0.15) is 0 Å². The summed E-state index contributed by atoms with van der Waals surface area (Å²) in [5, 5.41) is 11.0. The summed E-state index contributed by atoms with van der Waals surface area (Å²) in [6.07, 6.45) is 0. The SMILES string of the molecule is CN(C)c1ccc(NC(=O)c2ccc(-c3ccccc3)nn2)cc1. The van der Waals surface area contributed by atoms with E-state index >= 15 is 0 Å². The van der Waals surface area contributed by atoms with Crippen molar-refractivity contribution in [1.29, 1.82) is 0 Å². The topological polar surface area (TPSA) is 58.1 Å². The first-order chi connectivity index (χ1) is 11.6. The third-order valence-corrected chi connectivity index (χ3v) is 3.61. The molecule has 0 spiro atoms. The summed E-state index contributed by atoms with van der Waals surface area (Å²) in [6, 6.07) is 20.8. The van der Waals surface area contributed by atoms with E-state index in [-0.39, 0.29) is 11.6 Å². The zero-order valence-electron chi connectivity index (χ0n) is 13.6. The molecule has 3 aromatic rings. The Morgan fingerprint density at radius 3 is 2.17 bits per heavy atom. The molecular weight excluding hydrogens is 300 g/mol. The Bertz CT molecular complexity index is 812. The molecule has 1 heterocycles. The second kappa shape index (κ2) is 6.91. The highest BCUT2D eigenvalue weighted by Crippen LogP contribution is 2.17. The van der Waals surface area contributed by atoms with Crippen LogP contribution < -0.4 is 10.2 Å². The molecule has 0 radical (unpaired) electrons.